The van der Waals surface area contributed by atoms with Crippen LogP contribution in [0.3, 0.4) is 0 Å². The van der Waals surface area contributed by atoms with Gasteiger partial charge in [-0.1, -0.05) is 167 Å². The van der Waals surface area contributed by atoms with Crippen LogP contribution in [0.2, 0.25) is 0 Å². The number of furan rings is 1. The minimum absolute atomic E-state index is 0.222. The Kier molecular flexibility index (Phi) is 7.49. The van der Waals surface area contributed by atoms with E-state index in [4.69, 9.17) is 4.42 Å². The van der Waals surface area contributed by atoms with Crippen molar-refractivity contribution in [3.8, 4) is 33.4 Å². The van der Waals surface area contributed by atoms with E-state index in [9.17, 15) is 2.74 Å². The lowest BCUT2D eigenvalue weighted by molar-refractivity contribution is 0.660. The third-order valence-corrected chi connectivity index (χ3v) is 13.7. The van der Waals surface area contributed by atoms with Gasteiger partial charge in [0.15, 0.2) is 0 Å². The van der Waals surface area contributed by atoms with Gasteiger partial charge in [0.1, 0.15) is 11.2 Å². The summed E-state index contributed by atoms with van der Waals surface area (Å²) < 4.78 is 25.1. The molecule has 9 aromatic carbocycles. The van der Waals surface area contributed by atoms with Crippen molar-refractivity contribution >= 4 is 61.9 Å². The second kappa shape index (κ2) is 13.5. The lowest BCUT2D eigenvalue weighted by Crippen LogP contribution is -2.16. The van der Waals surface area contributed by atoms with Crippen LogP contribution in [0, 0.1) is 0 Å². The summed E-state index contributed by atoms with van der Waals surface area (Å²) in [5, 5.41) is 4.66. The van der Waals surface area contributed by atoms with Crippen LogP contribution in [0.15, 0.2) is 192 Å². The van der Waals surface area contributed by atoms with Crippen molar-refractivity contribution in [2.45, 2.75) is 38.5 Å². The smallest absolute Gasteiger partial charge is 0.135 e. The Hall–Kier alpha value is -7.42. The molecule has 0 radical (unpaired) electrons. The maximum absolute atomic E-state index is 9.47. The van der Waals surface area contributed by atoms with E-state index in [-0.39, 0.29) is 22.9 Å². The number of para-hydroxylation sites is 2. The fraction of sp³-hybridized carbons (Fsp3) is 0.100. The zero-order valence-electron chi connectivity index (χ0n) is 37.3. The first-order chi connectivity index (χ1) is 31.0. The molecule has 0 spiro atoms. The van der Waals surface area contributed by atoms with Crippen LogP contribution in [0.4, 0.5) is 17.1 Å². The van der Waals surface area contributed by atoms with Crippen molar-refractivity contribution in [1.82, 2.24) is 0 Å². The van der Waals surface area contributed by atoms with Gasteiger partial charge in [-0.25, -0.2) is 0 Å². The molecule has 0 saturated heterocycles. The van der Waals surface area contributed by atoms with E-state index in [0.717, 1.165) is 61.3 Å². The van der Waals surface area contributed by atoms with Crippen LogP contribution in [-0.4, -0.2) is 0 Å². The molecular weight excluding hydrogens is 751 g/mol. The molecule has 296 valence electrons. The summed E-state index contributed by atoms with van der Waals surface area (Å²) in [6.07, 6.45) is 0. The average Bonchev–Trinajstić information content (AvgIpc) is 3.89. The van der Waals surface area contributed by atoms with Crippen LogP contribution < -0.4 is 4.90 Å². The van der Waals surface area contributed by atoms with Gasteiger partial charge in [-0.2, -0.15) is 0 Å². The second-order valence-electron chi connectivity index (χ2n) is 18.0. The third kappa shape index (κ3) is 5.63. The van der Waals surface area contributed by atoms with Gasteiger partial charge >= 0.3 is 0 Å². The number of hydrogen-bond donors (Lipinski definition) is 0. The van der Waals surface area contributed by atoms with Gasteiger partial charge in [-0.3, -0.25) is 0 Å². The first kappa shape index (κ1) is 34.3. The van der Waals surface area contributed by atoms with Crippen LogP contribution in [0.1, 0.15) is 63.8 Å². The second-order valence-corrected chi connectivity index (χ2v) is 18.0. The maximum Gasteiger partial charge on any atom is 0.135 e. The molecule has 1 aromatic heterocycles. The van der Waals surface area contributed by atoms with Crippen LogP contribution in [0.25, 0.3) is 78.2 Å². The highest BCUT2D eigenvalue weighted by Crippen LogP contribution is 2.52. The van der Waals surface area contributed by atoms with E-state index >= 15 is 0 Å². The van der Waals surface area contributed by atoms with Crippen molar-refractivity contribution in [2.24, 2.45) is 0 Å². The number of fused-ring (bicyclic) bond motifs is 10. The molecule has 1 heterocycles. The quantitative estimate of drug-likeness (QED) is 0.156. The van der Waals surface area contributed by atoms with Crippen molar-refractivity contribution in [3.05, 3.63) is 221 Å². The Bertz CT molecular complexity index is 3590. The number of rotatable bonds is 6. The zero-order valence-corrected chi connectivity index (χ0v) is 35.3. The molecule has 0 N–H and O–H groups in total. The van der Waals surface area contributed by atoms with Crippen molar-refractivity contribution < 1.29 is 7.16 Å². The molecule has 0 atom stereocenters. The first-order valence-corrected chi connectivity index (χ1v) is 21.6. The minimum atomic E-state index is -0.328. The Labute approximate surface area is 365 Å². The van der Waals surface area contributed by atoms with Gasteiger partial charge in [0.25, 0.3) is 0 Å². The summed E-state index contributed by atoms with van der Waals surface area (Å²) in [4.78, 5) is 2.34. The van der Waals surface area contributed by atoms with E-state index in [2.05, 4.69) is 196 Å². The molecule has 2 heteroatoms. The summed E-state index contributed by atoms with van der Waals surface area (Å²) in [5.41, 5.74) is 18.0. The van der Waals surface area contributed by atoms with E-state index in [1.54, 1.807) is 0 Å². The van der Waals surface area contributed by atoms with Gasteiger partial charge in [0, 0.05) is 38.7 Å². The van der Waals surface area contributed by atoms with Gasteiger partial charge in [-0.15, -0.1) is 0 Å². The topological polar surface area (TPSA) is 16.4 Å². The molecule has 62 heavy (non-hydrogen) atoms. The Balaban J connectivity index is 0.866. The predicted molar refractivity (Wildman–Crippen MR) is 262 cm³/mol. The number of anilines is 3. The maximum atomic E-state index is 9.47. The van der Waals surface area contributed by atoms with Gasteiger partial charge in [0.2, 0.25) is 0 Å². The summed E-state index contributed by atoms with van der Waals surface area (Å²) >= 11 is 0. The average molecular weight is 798 g/mol. The predicted octanol–water partition coefficient (Wildman–Crippen LogP) is 16.7. The van der Waals surface area contributed by atoms with Crippen molar-refractivity contribution in [1.29, 1.82) is 0 Å². The van der Waals surface area contributed by atoms with Gasteiger partial charge in [0.05, 0.1) is 2.74 Å². The largest absolute Gasteiger partial charge is 0.456 e. The van der Waals surface area contributed by atoms with Crippen molar-refractivity contribution in [2.75, 3.05) is 4.90 Å². The summed E-state index contributed by atoms with van der Waals surface area (Å²) in [6.45, 7) is 9.12. The molecule has 10 aromatic rings. The Morgan fingerprint density at radius 1 is 0.403 bits per heavy atom. The monoisotopic (exact) mass is 797 g/mol. The Morgan fingerprint density at radius 2 is 0.919 bits per heavy atom. The summed E-state index contributed by atoms with van der Waals surface area (Å²) in [7, 11) is 0. The lowest BCUT2D eigenvalue weighted by atomic mass is 9.81. The number of nitrogens with zero attached hydrogens (tertiary/aromatic N) is 1. The fourth-order valence-electron chi connectivity index (χ4n) is 10.3. The summed E-state index contributed by atoms with van der Waals surface area (Å²) in [5.74, 6) is 0. The molecular formula is C60H45NO. The van der Waals surface area contributed by atoms with E-state index in [1.165, 1.54) is 55.3 Å². The highest BCUT2D eigenvalue weighted by atomic mass is 16.3. The van der Waals surface area contributed by atoms with E-state index in [0.29, 0.717) is 0 Å². The third-order valence-electron chi connectivity index (χ3n) is 13.7. The molecule has 2 aliphatic rings. The molecule has 0 bridgehead atoms. The minimum Gasteiger partial charge on any atom is -0.456 e. The standard InChI is InChI=1S/C60H45NO/c1-59(2)53-32-38(20-27-47(53)49-29-23-43(36-55(49)59)42-24-31-58-52(35-42)51-16-10-11-17-57(51)62-58)18-19-39-21-28-48-50-30-26-46(37-56(50)60(3,4)54(48)33-39)61(44-14-6-5-7-15-44)45-25-22-40-12-8-9-13-41(40)34-45/h5-37H,1-4H3/b19-18+/i18D,19D. The summed E-state index contributed by atoms with van der Waals surface area (Å²) in [6, 6.07) is 67.2. The number of benzene rings is 9. The fourth-order valence-corrected chi connectivity index (χ4v) is 10.3. The molecule has 0 amide bonds. The van der Waals surface area contributed by atoms with Crippen molar-refractivity contribution in [3.63, 3.8) is 0 Å². The molecule has 2 nitrogen and oxygen atoms in total. The molecule has 0 aliphatic heterocycles. The van der Waals surface area contributed by atoms with Crippen LogP contribution in [-0.2, 0) is 10.8 Å². The Morgan fingerprint density at radius 3 is 1.65 bits per heavy atom. The molecule has 12 rings (SSSR count). The molecule has 0 saturated carbocycles. The number of hydrogen-bond acceptors (Lipinski definition) is 2. The first-order valence-electron chi connectivity index (χ1n) is 22.6. The van der Waals surface area contributed by atoms with Crippen LogP contribution >= 0.6 is 0 Å². The highest BCUT2D eigenvalue weighted by Gasteiger charge is 2.37. The highest BCUT2D eigenvalue weighted by molar-refractivity contribution is 6.06. The van der Waals surface area contributed by atoms with Gasteiger partial charge in [-0.05, 0) is 138 Å². The SMILES string of the molecule is [2H]/C(=C(/[2H])c1ccc2c(c1)C(C)(C)c1cc(N(c3ccccc3)c3ccc4ccccc4c3)ccc1-2)c1ccc2c(c1)C(C)(C)c1cc(-c3ccc4oc5ccccc5c4c3)ccc1-2. The van der Waals surface area contributed by atoms with Crippen LogP contribution in [0.5, 0.6) is 0 Å². The molecule has 2 aliphatic carbocycles. The zero-order chi connectivity index (χ0) is 43.5. The van der Waals surface area contributed by atoms with Gasteiger partial charge < -0.3 is 9.32 Å². The lowest BCUT2D eigenvalue weighted by Gasteiger charge is -2.28. The van der Waals surface area contributed by atoms with E-state index in [1.807, 2.05) is 24.3 Å². The molecule has 0 fully saturated rings. The normalized spacial score (nSPS) is 15.1. The molecule has 0 unspecified atom stereocenters. The van der Waals surface area contributed by atoms with E-state index < -0.39 is 0 Å².